The van der Waals surface area contributed by atoms with Gasteiger partial charge < -0.3 is 9.72 Å². The van der Waals surface area contributed by atoms with E-state index in [0.717, 1.165) is 0 Å². The lowest BCUT2D eigenvalue weighted by Gasteiger charge is -2.06. The summed E-state index contributed by atoms with van der Waals surface area (Å²) >= 11 is 9.00. The van der Waals surface area contributed by atoms with E-state index in [1.807, 2.05) is 0 Å². The van der Waals surface area contributed by atoms with Crippen LogP contribution in [-0.4, -0.2) is 9.97 Å². The molecule has 0 aliphatic carbocycles. The van der Waals surface area contributed by atoms with Gasteiger partial charge in [-0.1, -0.05) is 23.7 Å². The molecule has 4 nitrogen and oxygen atoms in total. The average molecular weight is 302 g/mol. The highest BCUT2D eigenvalue weighted by Gasteiger charge is 2.09. The van der Waals surface area contributed by atoms with Crippen LogP contribution >= 0.6 is 27.5 Å². The number of hydrogen-bond donors (Lipinski definition) is 1. The molecule has 0 aliphatic rings. The van der Waals surface area contributed by atoms with Crippen molar-refractivity contribution in [2.75, 3.05) is 0 Å². The Bertz CT molecular complexity index is 571. The van der Waals surface area contributed by atoms with E-state index in [0.29, 0.717) is 10.8 Å². The predicted molar refractivity (Wildman–Crippen MR) is 64.1 cm³/mol. The van der Waals surface area contributed by atoms with Gasteiger partial charge in [0.25, 0.3) is 5.56 Å². The van der Waals surface area contributed by atoms with Gasteiger partial charge in [0.15, 0.2) is 0 Å². The monoisotopic (exact) mass is 300 g/mol. The summed E-state index contributed by atoms with van der Waals surface area (Å²) in [4.78, 5) is 17.6. The van der Waals surface area contributed by atoms with Gasteiger partial charge in [0.1, 0.15) is 10.2 Å². The molecule has 1 N–H and O–H groups in total. The molecule has 0 amide bonds. The number of hydrogen-bond acceptors (Lipinski definition) is 3. The Hall–Kier alpha value is -1.33. The summed E-state index contributed by atoms with van der Waals surface area (Å²) in [5, 5.41) is 0.455. The van der Waals surface area contributed by atoms with Crippen LogP contribution in [0.2, 0.25) is 5.02 Å². The Kier molecular flexibility index (Phi) is 3.26. The Morgan fingerprint density at radius 3 is 2.88 bits per heavy atom. The molecule has 0 bridgehead atoms. The minimum atomic E-state index is -0.308. The molecule has 2 aromatic rings. The van der Waals surface area contributed by atoms with Crippen LogP contribution in [0.25, 0.3) is 0 Å². The molecule has 0 radical (unpaired) electrons. The van der Waals surface area contributed by atoms with Crippen LogP contribution in [0.5, 0.6) is 11.6 Å². The molecule has 0 saturated heterocycles. The Labute approximate surface area is 104 Å². The smallest absolute Gasteiger partial charge is 0.268 e. The summed E-state index contributed by atoms with van der Waals surface area (Å²) in [5.74, 6) is 0.625. The van der Waals surface area contributed by atoms with Gasteiger partial charge in [-0.2, -0.15) is 0 Å². The number of rotatable bonds is 2. The highest BCUT2D eigenvalue weighted by Crippen LogP contribution is 2.29. The summed E-state index contributed by atoms with van der Waals surface area (Å²) < 4.78 is 5.64. The van der Waals surface area contributed by atoms with E-state index >= 15 is 0 Å². The third kappa shape index (κ3) is 2.25. The molecular weight excluding hydrogens is 295 g/mol. The molecule has 16 heavy (non-hydrogen) atoms. The predicted octanol–water partition coefficient (Wildman–Crippen LogP) is 2.98. The molecule has 0 spiro atoms. The number of benzene rings is 1. The normalized spacial score (nSPS) is 10.1. The number of H-pyrrole nitrogens is 1. The van der Waals surface area contributed by atoms with Gasteiger partial charge in [-0.15, -0.1) is 0 Å². The maximum Gasteiger partial charge on any atom is 0.268 e. The quantitative estimate of drug-likeness (QED) is 0.928. The van der Waals surface area contributed by atoms with Crippen LogP contribution in [0, 0.1) is 0 Å². The van der Waals surface area contributed by atoms with Crippen molar-refractivity contribution in [3.05, 3.63) is 50.4 Å². The lowest BCUT2D eigenvalue weighted by Crippen LogP contribution is -2.08. The first-order chi connectivity index (χ1) is 7.68. The zero-order valence-corrected chi connectivity index (χ0v) is 10.2. The Morgan fingerprint density at radius 1 is 1.38 bits per heavy atom. The van der Waals surface area contributed by atoms with Crippen LogP contribution < -0.4 is 10.3 Å². The largest absolute Gasteiger partial charge is 0.436 e. The average Bonchev–Trinajstić information content (AvgIpc) is 2.28. The van der Waals surface area contributed by atoms with E-state index in [-0.39, 0.29) is 15.9 Å². The number of nitrogens with zero attached hydrogens (tertiary/aromatic N) is 1. The second-order valence-electron chi connectivity index (χ2n) is 2.88. The molecule has 0 aliphatic heterocycles. The van der Waals surface area contributed by atoms with E-state index < -0.39 is 0 Å². The number of aromatic amines is 1. The van der Waals surface area contributed by atoms with E-state index in [1.165, 1.54) is 6.33 Å². The van der Waals surface area contributed by atoms with Crippen molar-refractivity contribution >= 4 is 27.5 Å². The van der Waals surface area contributed by atoms with Crippen LogP contribution in [0.3, 0.4) is 0 Å². The van der Waals surface area contributed by atoms with Gasteiger partial charge in [0.05, 0.1) is 11.3 Å². The number of halogens is 2. The van der Waals surface area contributed by atoms with Gasteiger partial charge in [0.2, 0.25) is 5.88 Å². The lowest BCUT2D eigenvalue weighted by molar-refractivity contribution is 0.457. The summed E-state index contributed by atoms with van der Waals surface area (Å²) in [6.45, 7) is 0. The molecule has 82 valence electrons. The number of ether oxygens (including phenoxy) is 1. The van der Waals surface area contributed by atoms with Gasteiger partial charge in [0, 0.05) is 0 Å². The molecule has 0 unspecified atom stereocenters. The van der Waals surface area contributed by atoms with Crippen molar-refractivity contribution in [3.63, 3.8) is 0 Å². The zero-order chi connectivity index (χ0) is 11.5. The SMILES string of the molecule is O=c1[nH]cnc(Oc2ccccc2Cl)c1Br. The first-order valence-electron chi connectivity index (χ1n) is 4.34. The van der Waals surface area contributed by atoms with E-state index in [1.54, 1.807) is 24.3 Å². The van der Waals surface area contributed by atoms with E-state index in [2.05, 4.69) is 25.9 Å². The second-order valence-corrected chi connectivity index (χ2v) is 4.08. The molecule has 6 heteroatoms. The van der Waals surface area contributed by atoms with Crippen LogP contribution in [0.1, 0.15) is 0 Å². The topological polar surface area (TPSA) is 55.0 Å². The molecule has 2 rings (SSSR count). The highest BCUT2D eigenvalue weighted by atomic mass is 79.9. The molecule has 0 atom stereocenters. The molecule has 0 fully saturated rings. The third-order valence-electron chi connectivity index (χ3n) is 1.81. The van der Waals surface area contributed by atoms with Gasteiger partial charge >= 0.3 is 0 Å². The fourth-order valence-corrected chi connectivity index (χ4v) is 1.54. The van der Waals surface area contributed by atoms with Crippen molar-refractivity contribution in [1.82, 2.24) is 9.97 Å². The minimum Gasteiger partial charge on any atom is -0.436 e. The van der Waals surface area contributed by atoms with Crippen molar-refractivity contribution in [1.29, 1.82) is 0 Å². The van der Waals surface area contributed by atoms with Gasteiger partial charge in [-0.3, -0.25) is 4.79 Å². The van der Waals surface area contributed by atoms with Crippen molar-refractivity contribution in [2.45, 2.75) is 0 Å². The number of aromatic nitrogens is 2. The summed E-state index contributed by atoms with van der Waals surface area (Å²) in [5.41, 5.74) is -0.308. The summed E-state index contributed by atoms with van der Waals surface area (Å²) in [6.07, 6.45) is 1.26. The lowest BCUT2D eigenvalue weighted by atomic mass is 10.3. The maximum atomic E-state index is 11.3. The Balaban J connectivity index is 2.38. The van der Waals surface area contributed by atoms with Crippen LogP contribution in [0.4, 0.5) is 0 Å². The fourth-order valence-electron chi connectivity index (χ4n) is 1.07. The Morgan fingerprint density at radius 2 is 2.12 bits per heavy atom. The molecule has 0 saturated carbocycles. The van der Waals surface area contributed by atoms with Crippen molar-refractivity contribution in [2.24, 2.45) is 0 Å². The summed E-state index contributed by atoms with van der Waals surface area (Å²) in [7, 11) is 0. The fraction of sp³-hybridized carbons (Fsp3) is 0. The number of para-hydroxylation sites is 1. The third-order valence-corrected chi connectivity index (χ3v) is 2.82. The molecule has 1 heterocycles. The minimum absolute atomic E-state index is 0.178. The van der Waals surface area contributed by atoms with Crippen LogP contribution in [0.15, 0.2) is 39.9 Å². The van der Waals surface area contributed by atoms with Crippen LogP contribution in [-0.2, 0) is 0 Å². The zero-order valence-electron chi connectivity index (χ0n) is 7.91. The summed E-state index contributed by atoms with van der Waals surface area (Å²) in [6, 6.07) is 6.95. The first-order valence-corrected chi connectivity index (χ1v) is 5.51. The van der Waals surface area contributed by atoms with E-state index in [4.69, 9.17) is 16.3 Å². The van der Waals surface area contributed by atoms with Crippen molar-refractivity contribution in [3.8, 4) is 11.6 Å². The van der Waals surface area contributed by atoms with Crippen molar-refractivity contribution < 1.29 is 4.74 Å². The first kappa shape index (κ1) is 11.2. The maximum absolute atomic E-state index is 11.3. The highest BCUT2D eigenvalue weighted by molar-refractivity contribution is 9.10. The molecular formula is C10H6BrClN2O2. The van der Waals surface area contributed by atoms with E-state index in [9.17, 15) is 4.79 Å². The molecule has 1 aromatic carbocycles. The molecule has 1 aromatic heterocycles. The van der Waals surface area contributed by atoms with Gasteiger partial charge in [-0.05, 0) is 28.1 Å². The standard InChI is InChI=1S/C10H6BrClN2O2/c11-8-9(15)13-5-14-10(8)16-7-4-2-1-3-6(7)12/h1-5H,(H,13,14,15). The second kappa shape index (κ2) is 4.67. The number of nitrogens with one attached hydrogen (secondary N) is 1. The van der Waals surface area contributed by atoms with Gasteiger partial charge in [-0.25, -0.2) is 4.98 Å².